The molecule has 0 saturated heterocycles. The third kappa shape index (κ3) is 4.62. The molecule has 3 aromatic rings. The molecule has 0 aliphatic carbocycles. The van der Waals surface area contributed by atoms with Gasteiger partial charge in [0.05, 0.1) is 11.4 Å². The van der Waals surface area contributed by atoms with Gasteiger partial charge in [0.15, 0.2) is 5.65 Å². The van der Waals surface area contributed by atoms with E-state index in [0.29, 0.717) is 10.9 Å². The molecule has 0 fully saturated rings. The molecule has 3 rings (SSSR count). The summed E-state index contributed by atoms with van der Waals surface area (Å²) in [4.78, 5) is 46.8. The lowest BCUT2D eigenvalue weighted by Gasteiger charge is -2.19. The molecule has 0 radical (unpaired) electrons. The second kappa shape index (κ2) is 8.19. The fraction of sp³-hybridized carbons (Fsp3) is 0.524. The molecule has 0 atom stereocenters. The van der Waals surface area contributed by atoms with Crippen molar-refractivity contribution < 1.29 is 9.32 Å². The van der Waals surface area contributed by atoms with Crippen LogP contribution in [-0.2, 0) is 29.7 Å². The monoisotopic (exact) mass is 460 g/mol. The first-order chi connectivity index (χ1) is 14.7. The molecule has 0 saturated carbocycles. The highest BCUT2D eigenvalue weighted by Gasteiger charge is 2.24. The molecule has 0 aliphatic heterocycles. The minimum Gasteiger partial charge on any atom is -0.338 e. The Morgan fingerprint density at radius 3 is 2.28 bits per heavy atom. The van der Waals surface area contributed by atoms with E-state index in [2.05, 4.69) is 20.4 Å². The Kier molecular flexibility index (Phi) is 6.07. The van der Waals surface area contributed by atoms with Crippen molar-refractivity contribution in [3.8, 4) is 0 Å². The maximum Gasteiger partial charge on any atom is 0.332 e. The van der Waals surface area contributed by atoms with E-state index < -0.39 is 16.7 Å². The molecule has 11 heteroatoms. The third-order valence-corrected chi connectivity index (χ3v) is 5.79. The van der Waals surface area contributed by atoms with Crippen LogP contribution in [-0.4, -0.2) is 35.9 Å². The standard InChI is InChI=1S/C21H28N6O4S/c1-20(2,3)11-9-13(31-25-11)22-12(28)10-32-16-14-15(23-18(24-16)21(4,5)6)26(7)19(30)27(8)17(14)29/h9H,10H2,1-8H3,(H,22,28). The van der Waals surface area contributed by atoms with Gasteiger partial charge in [-0.2, -0.15) is 0 Å². The highest BCUT2D eigenvalue weighted by atomic mass is 32.2. The molecule has 3 heterocycles. The number of fused-ring (bicyclic) bond motifs is 1. The average Bonchev–Trinajstić information content (AvgIpc) is 3.16. The van der Waals surface area contributed by atoms with Gasteiger partial charge in [-0.05, 0) is 0 Å². The van der Waals surface area contributed by atoms with E-state index in [0.717, 1.165) is 22.0 Å². The lowest BCUT2D eigenvalue weighted by molar-refractivity contribution is -0.113. The Morgan fingerprint density at radius 2 is 1.72 bits per heavy atom. The highest BCUT2D eigenvalue weighted by molar-refractivity contribution is 8.00. The van der Waals surface area contributed by atoms with Crippen LogP contribution in [0.5, 0.6) is 0 Å². The third-order valence-electron chi connectivity index (χ3n) is 4.82. The SMILES string of the molecule is Cn1c(=O)c2c(SCC(=O)Nc3cc(C(C)(C)C)no3)nc(C(C)(C)C)nc2n(C)c1=O. The molecule has 1 amide bonds. The fourth-order valence-electron chi connectivity index (χ4n) is 2.86. The number of rotatable bonds is 4. The van der Waals surface area contributed by atoms with Crippen LogP contribution in [0, 0.1) is 0 Å². The van der Waals surface area contributed by atoms with Crippen molar-refractivity contribution in [2.75, 3.05) is 11.1 Å². The zero-order valence-corrected chi connectivity index (χ0v) is 20.4. The number of aryl methyl sites for hydroxylation is 1. The minimum atomic E-state index is -0.503. The highest BCUT2D eigenvalue weighted by Crippen LogP contribution is 2.27. The van der Waals surface area contributed by atoms with Crippen molar-refractivity contribution in [1.29, 1.82) is 0 Å². The topological polar surface area (TPSA) is 125 Å². The number of anilines is 1. The Bertz CT molecular complexity index is 1310. The number of nitrogens with one attached hydrogen (secondary N) is 1. The molecular weight excluding hydrogens is 432 g/mol. The summed E-state index contributed by atoms with van der Waals surface area (Å²) in [5.41, 5.74) is -0.647. The number of carbonyl (C=O) groups is 1. The van der Waals surface area contributed by atoms with Crippen molar-refractivity contribution in [3.05, 3.63) is 38.4 Å². The second-order valence-corrected chi connectivity index (χ2v) is 10.6. The van der Waals surface area contributed by atoms with Gasteiger partial charge in [-0.25, -0.2) is 14.8 Å². The Labute approximate surface area is 189 Å². The zero-order chi connectivity index (χ0) is 24.0. The Balaban J connectivity index is 1.95. The summed E-state index contributed by atoms with van der Waals surface area (Å²) >= 11 is 1.10. The molecule has 1 N–H and O–H groups in total. The van der Waals surface area contributed by atoms with E-state index in [-0.39, 0.29) is 34.0 Å². The van der Waals surface area contributed by atoms with Gasteiger partial charge in [-0.15, -0.1) is 0 Å². The summed E-state index contributed by atoms with van der Waals surface area (Å²) in [6.45, 7) is 11.8. The summed E-state index contributed by atoms with van der Waals surface area (Å²) in [7, 11) is 2.96. The second-order valence-electron chi connectivity index (χ2n) is 9.67. The quantitative estimate of drug-likeness (QED) is 0.465. The number of nitrogens with zero attached hydrogens (tertiary/aromatic N) is 5. The smallest absolute Gasteiger partial charge is 0.332 e. The summed E-state index contributed by atoms with van der Waals surface area (Å²) in [5.74, 6) is 0.369. The number of aromatic nitrogens is 5. The van der Waals surface area contributed by atoms with Crippen molar-refractivity contribution in [2.24, 2.45) is 14.1 Å². The Morgan fingerprint density at radius 1 is 1.06 bits per heavy atom. The molecule has 0 aliphatic rings. The van der Waals surface area contributed by atoms with Crippen LogP contribution >= 0.6 is 11.8 Å². The number of hydrogen-bond donors (Lipinski definition) is 1. The molecule has 0 aromatic carbocycles. The van der Waals surface area contributed by atoms with Gasteiger partial charge in [-0.3, -0.25) is 24.0 Å². The van der Waals surface area contributed by atoms with Gasteiger partial charge in [0.25, 0.3) is 5.56 Å². The van der Waals surface area contributed by atoms with E-state index in [1.165, 1.54) is 11.6 Å². The predicted molar refractivity (Wildman–Crippen MR) is 123 cm³/mol. The lowest BCUT2D eigenvalue weighted by atomic mass is 9.92. The van der Waals surface area contributed by atoms with Crippen molar-refractivity contribution in [2.45, 2.75) is 57.4 Å². The van der Waals surface area contributed by atoms with Gasteiger partial charge in [0.2, 0.25) is 11.8 Å². The number of thioether (sulfide) groups is 1. The maximum atomic E-state index is 12.8. The minimum absolute atomic E-state index is 0.0206. The normalized spacial score (nSPS) is 12.4. The van der Waals surface area contributed by atoms with Gasteiger partial charge in [-0.1, -0.05) is 58.5 Å². The van der Waals surface area contributed by atoms with Gasteiger partial charge in [0.1, 0.15) is 16.2 Å². The van der Waals surface area contributed by atoms with Crippen LogP contribution < -0.4 is 16.6 Å². The first kappa shape index (κ1) is 23.7. The fourth-order valence-corrected chi connectivity index (χ4v) is 3.68. The lowest BCUT2D eigenvalue weighted by Crippen LogP contribution is -2.38. The largest absolute Gasteiger partial charge is 0.338 e. The van der Waals surface area contributed by atoms with Crippen LogP contribution in [0.1, 0.15) is 53.1 Å². The molecule has 3 aromatic heterocycles. The van der Waals surface area contributed by atoms with Crippen molar-refractivity contribution >= 4 is 34.6 Å². The summed E-state index contributed by atoms with van der Waals surface area (Å²) in [5, 5.41) is 7.21. The molecule has 0 bridgehead atoms. The van der Waals surface area contributed by atoms with Crippen molar-refractivity contribution in [3.63, 3.8) is 0 Å². The predicted octanol–water partition coefficient (Wildman–Crippen LogP) is 2.34. The molecular formula is C21H28N6O4S. The number of hydrogen-bond acceptors (Lipinski definition) is 8. The van der Waals surface area contributed by atoms with Gasteiger partial charge >= 0.3 is 5.69 Å². The molecule has 172 valence electrons. The van der Waals surface area contributed by atoms with Gasteiger partial charge < -0.3 is 4.52 Å². The first-order valence-electron chi connectivity index (χ1n) is 10.1. The van der Waals surface area contributed by atoms with E-state index in [1.54, 1.807) is 13.1 Å². The number of carbonyl (C=O) groups excluding carboxylic acids is 1. The van der Waals surface area contributed by atoms with E-state index in [1.807, 2.05) is 41.5 Å². The van der Waals surface area contributed by atoms with E-state index >= 15 is 0 Å². The molecule has 0 spiro atoms. The van der Waals surface area contributed by atoms with E-state index in [9.17, 15) is 14.4 Å². The first-order valence-corrected chi connectivity index (χ1v) is 11.1. The van der Waals surface area contributed by atoms with Crippen LogP contribution in [0.3, 0.4) is 0 Å². The maximum absolute atomic E-state index is 12.8. The van der Waals surface area contributed by atoms with Crippen LogP contribution in [0.4, 0.5) is 5.88 Å². The summed E-state index contributed by atoms with van der Waals surface area (Å²) in [6.07, 6.45) is 0. The number of amides is 1. The molecule has 10 nitrogen and oxygen atoms in total. The Hall–Kier alpha value is -2.95. The molecule has 0 unspecified atom stereocenters. The summed E-state index contributed by atoms with van der Waals surface area (Å²) in [6, 6.07) is 1.69. The van der Waals surface area contributed by atoms with Crippen LogP contribution in [0.15, 0.2) is 25.2 Å². The van der Waals surface area contributed by atoms with Gasteiger partial charge in [0, 0.05) is 31.0 Å². The van der Waals surface area contributed by atoms with E-state index in [4.69, 9.17) is 4.52 Å². The van der Waals surface area contributed by atoms with Crippen molar-refractivity contribution in [1.82, 2.24) is 24.3 Å². The molecule has 32 heavy (non-hydrogen) atoms. The van der Waals surface area contributed by atoms with Crippen LogP contribution in [0.2, 0.25) is 0 Å². The summed E-state index contributed by atoms with van der Waals surface area (Å²) < 4.78 is 7.53. The average molecular weight is 461 g/mol. The zero-order valence-electron chi connectivity index (χ0n) is 19.6. The van der Waals surface area contributed by atoms with Crippen LogP contribution in [0.25, 0.3) is 11.0 Å².